The van der Waals surface area contributed by atoms with Crippen molar-refractivity contribution in [1.29, 1.82) is 0 Å². The van der Waals surface area contributed by atoms with Crippen molar-refractivity contribution in [2.24, 2.45) is 0 Å². The SMILES string of the molecule is CC(C)NC(=O)Nc1ccc(NC(=O)c2ccc(N(C)C)nc2)cc1. The average molecular weight is 341 g/mol. The van der Waals surface area contributed by atoms with Gasteiger partial charge in [0.1, 0.15) is 5.82 Å². The third kappa shape index (κ3) is 5.49. The predicted molar refractivity (Wildman–Crippen MR) is 100 cm³/mol. The Morgan fingerprint density at radius 3 is 2.04 bits per heavy atom. The van der Waals surface area contributed by atoms with Crippen molar-refractivity contribution in [2.45, 2.75) is 19.9 Å². The molecule has 1 heterocycles. The smallest absolute Gasteiger partial charge is 0.319 e. The minimum Gasteiger partial charge on any atom is -0.363 e. The largest absolute Gasteiger partial charge is 0.363 e. The lowest BCUT2D eigenvalue weighted by Crippen LogP contribution is -2.34. The summed E-state index contributed by atoms with van der Waals surface area (Å²) < 4.78 is 0. The number of urea groups is 1. The fourth-order valence-electron chi connectivity index (χ4n) is 2.05. The van der Waals surface area contributed by atoms with E-state index in [1.807, 2.05) is 32.8 Å². The Hall–Kier alpha value is -3.09. The second kappa shape index (κ2) is 8.14. The summed E-state index contributed by atoms with van der Waals surface area (Å²) in [6.07, 6.45) is 1.54. The van der Waals surface area contributed by atoms with E-state index in [0.29, 0.717) is 16.9 Å². The monoisotopic (exact) mass is 341 g/mol. The Bertz CT molecular complexity index is 724. The molecule has 0 fully saturated rings. The Morgan fingerprint density at radius 2 is 1.56 bits per heavy atom. The highest BCUT2D eigenvalue weighted by Crippen LogP contribution is 2.15. The topological polar surface area (TPSA) is 86.4 Å². The molecular weight excluding hydrogens is 318 g/mol. The maximum absolute atomic E-state index is 12.2. The fraction of sp³-hybridized carbons (Fsp3) is 0.278. The highest BCUT2D eigenvalue weighted by molar-refractivity contribution is 6.04. The first-order chi connectivity index (χ1) is 11.8. The number of pyridine rings is 1. The molecule has 2 rings (SSSR count). The van der Waals surface area contributed by atoms with Gasteiger partial charge in [0, 0.05) is 37.7 Å². The molecule has 1 aromatic carbocycles. The molecular formula is C18H23N5O2. The number of rotatable bonds is 5. The van der Waals surface area contributed by atoms with Crippen LogP contribution in [0.5, 0.6) is 0 Å². The number of aromatic nitrogens is 1. The van der Waals surface area contributed by atoms with Gasteiger partial charge in [0.05, 0.1) is 5.56 Å². The zero-order chi connectivity index (χ0) is 18.4. The van der Waals surface area contributed by atoms with Crippen LogP contribution in [0, 0.1) is 0 Å². The molecule has 0 saturated heterocycles. The molecule has 25 heavy (non-hydrogen) atoms. The summed E-state index contributed by atoms with van der Waals surface area (Å²) in [7, 11) is 3.78. The van der Waals surface area contributed by atoms with Crippen LogP contribution in [0.1, 0.15) is 24.2 Å². The maximum atomic E-state index is 12.2. The summed E-state index contributed by atoms with van der Waals surface area (Å²) in [6, 6.07) is 10.2. The molecule has 3 N–H and O–H groups in total. The van der Waals surface area contributed by atoms with E-state index < -0.39 is 0 Å². The third-order valence-electron chi connectivity index (χ3n) is 3.29. The predicted octanol–water partition coefficient (Wildman–Crippen LogP) is 2.93. The first kappa shape index (κ1) is 18.3. The van der Waals surface area contributed by atoms with E-state index in [1.165, 1.54) is 6.20 Å². The van der Waals surface area contributed by atoms with Crippen LogP contribution < -0.4 is 20.9 Å². The maximum Gasteiger partial charge on any atom is 0.319 e. The molecule has 0 bridgehead atoms. The Balaban J connectivity index is 1.96. The standard InChI is InChI=1S/C18H23N5O2/c1-12(2)20-18(25)22-15-8-6-14(7-9-15)21-17(24)13-5-10-16(19-11-13)23(3)4/h5-12H,1-4H3,(H,21,24)(H2,20,22,25). The van der Waals surface area contributed by atoms with E-state index >= 15 is 0 Å². The van der Waals surface area contributed by atoms with Crippen LogP contribution in [0.3, 0.4) is 0 Å². The first-order valence-electron chi connectivity index (χ1n) is 7.97. The lowest BCUT2D eigenvalue weighted by molar-refractivity contribution is 0.102. The summed E-state index contributed by atoms with van der Waals surface area (Å²) in [5.74, 6) is 0.544. The highest BCUT2D eigenvalue weighted by Gasteiger charge is 2.08. The molecule has 0 atom stereocenters. The van der Waals surface area contributed by atoms with E-state index in [0.717, 1.165) is 5.82 Å². The molecule has 132 valence electrons. The first-order valence-corrected chi connectivity index (χ1v) is 7.97. The second-order valence-electron chi connectivity index (χ2n) is 6.08. The summed E-state index contributed by atoms with van der Waals surface area (Å²) in [5, 5.41) is 8.27. The van der Waals surface area contributed by atoms with Crippen molar-refractivity contribution in [3.63, 3.8) is 0 Å². The van der Waals surface area contributed by atoms with E-state index in [2.05, 4.69) is 20.9 Å². The fourth-order valence-corrected chi connectivity index (χ4v) is 2.05. The summed E-state index contributed by atoms with van der Waals surface area (Å²) in [4.78, 5) is 30.0. The zero-order valence-corrected chi connectivity index (χ0v) is 14.8. The molecule has 0 aliphatic heterocycles. The van der Waals surface area contributed by atoms with Crippen LogP contribution in [-0.2, 0) is 0 Å². The molecule has 7 nitrogen and oxygen atoms in total. The minimum atomic E-state index is -0.265. The van der Waals surface area contributed by atoms with Gasteiger partial charge in [0.2, 0.25) is 0 Å². The number of nitrogens with one attached hydrogen (secondary N) is 3. The quantitative estimate of drug-likeness (QED) is 0.780. The number of hydrogen-bond donors (Lipinski definition) is 3. The Kier molecular flexibility index (Phi) is 5.94. The molecule has 0 saturated carbocycles. The zero-order valence-electron chi connectivity index (χ0n) is 14.8. The molecule has 0 aliphatic carbocycles. The van der Waals surface area contributed by atoms with Crippen molar-refractivity contribution in [2.75, 3.05) is 29.6 Å². The van der Waals surface area contributed by atoms with E-state index in [1.54, 1.807) is 36.4 Å². The number of anilines is 3. The van der Waals surface area contributed by atoms with Gasteiger partial charge in [-0.2, -0.15) is 0 Å². The molecule has 3 amide bonds. The van der Waals surface area contributed by atoms with Crippen LogP contribution in [0.25, 0.3) is 0 Å². The molecule has 0 radical (unpaired) electrons. The highest BCUT2D eigenvalue weighted by atomic mass is 16.2. The van der Waals surface area contributed by atoms with Gasteiger partial charge in [-0.05, 0) is 50.2 Å². The van der Waals surface area contributed by atoms with Gasteiger partial charge in [0.25, 0.3) is 5.91 Å². The lowest BCUT2D eigenvalue weighted by Gasteiger charge is -2.12. The number of carbonyl (C=O) groups is 2. The van der Waals surface area contributed by atoms with Crippen LogP contribution >= 0.6 is 0 Å². The Labute approximate surface area is 147 Å². The molecule has 1 aromatic heterocycles. The average Bonchev–Trinajstić information content (AvgIpc) is 2.56. The van der Waals surface area contributed by atoms with Gasteiger partial charge in [0.15, 0.2) is 0 Å². The van der Waals surface area contributed by atoms with Crippen LogP contribution in [0.2, 0.25) is 0 Å². The molecule has 7 heteroatoms. The van der Waals surface area contributed by atoms with Gasteiger partial charge in [-0.25, -0.2) is 9.78 Å². The van der Waals surface area contributed by atoms with Gasteiger partial charge in [-0.15, -0.1) is 0 Å². The third-order valence-corrected chi connectivity index (χ3v) is 3.29. The van der Waals surface area contributed by atoms with Crippen molar-refractivity contribution in [1.82, 2.24) is 10.3 Å². The van der Waals surface area contributed by atoms with Crippen LogP contribution in [0.4, 0.5) is 22.0 Å². The Morgan fingerprint density at radius 1 is 0.960 bits per heavy atom. The molecule has 0 spiro atoms. The normalized spacial score (nSPS) is 10.3. The summed E-state index contributed by atoms with van der Waals surface area (Å²) in [5.41, 5.74) is 1.76. The molecule has 0 aliphatic rings. The van der Waals surface area contributed by atoms with Crippen LogP contribution in [-0.4, -0.2) is 37.1 Å². The van der Waals surface area contributed by atoms with Gasteiger partial charge >= 0.3 is 6.03 Å². The number of benzene rings is 1. The number of hydrogen-bond acceptors (Lipinski definition) is 4. The second-order valence-corrected chi connectivity index (χ2v) is 6.08. The van der Waals surface area contributed by atoms with Crippen LogP contribution in [0.15, 0.2) is 42.6 Å². The van der Waals surface area contributed by atoms with Crippen molar-refractivity contribution >= 4 is 29.1 Å². The van der Waals surface area contributed by atoms with Crippen molar-refractivity contribution < 1.29 is 9.59 Å². The number of carbonyl (C=O) groups excluding carboxylic acids is 2. The van der Waals surface area contributed by atoms with Crippen molar-refractivity contribution in [3.05, 3.63) is 48.2 Å². The lowest BCUT2D eigenvalue weighted by atomic mass is 10.2. The summed E-state index contributed by atoms with van der Waals surface area (Å²) in [6.45, 7) is 3.77. The summed E-state index contributed by atoms with van der Waals surface area (Å²) >= 11 is 0. The van der Waals surface area contributed by atoms with Crippen molar-refractivity contribution in [3.8, 4) is 0 Å². The van der Waals surface area contributed by atoms with Gasteiger partial charge in [-0.3, -0.25) is 4.79 Å². The van der Waals surface area contributed by atoms with E-state index in [4.69, 9.17) is 0 Å². The number of nitrogens with zero attached hydrogens (tertiary/aromatic N) is 2. The minimum absolute atomic E-state index is 0.0612. The molecule has 2 aromatic rings. The van der Waals surface area contributed by atoms with E-state index in [-0.39, 0.29) is 18.0 Å². The van der Waals surface area contributed by atoms with Gasteiger partial charge in [-0.1, -0.05) is 0 Å². The van der Waals surface area contributed by atoms with E-state index in [9.17, 15) is 9.59 Å². The molecule has 0 unspecified atom stereocenters. The number of amides is 3. The van der Waals surface area contributed by atoms with Gasteiger partial charge < -0.3 is 20.9 Å².